The highest BCUT2D eigenvalue weighted by molar-refractivity contribution is 5.92. The van der Waals surface area contributed by atoms with E-state index in [1.165, 1.54) is 11.8 Å². The van der Waals surface area contributed by atoms with Crippen molar-refractivity contribution in [2.24, 2.45) is 0 Å². The minimum atomic E-state index is -0.210. The van der Waals surface area contributed by atoms with E-state index in [1.807, 2.05) is 18.2 Å². The van der Waals surface area contributed by atoms with Crippen molar-refractivity contribution in [3.8, 4) is 0 Å². The Morgan fingerprint density at radius 3 is 2.68 bits per heavy atom. The lowest BCUT2D eigenvalue weighted by molar-refractivity contribution is 0.0946. The Bertz CT molecular complexity index is 581. The predicted octanol–water partition coefficient (Wildman–Crippen LogP) is 2.16. The van der Waals surface area contributed by atoms with Gasteiger partial charge in [0.15, 0.2) is 0 Å². The maximum absolute atomic E-state index is 11.9. The third kappa shape index (κ3) is 3.31. The van der Waals surface area contributed by atoms with Crippen LogP contribution in [0.15, 0.2) is 42.6 Å². The van der Waals surface area contributed by atoms with Gasteiger partial charge in [-0.1, -0.05) is 31.2 Å². The number of amides is 1. The molecule has 2 rings (SSSR count). The van der Waals surface area contributed by atoms with Crippen LogP contribution in [0.25, 0.3) is 0 Å². The zero-order valence-corrected chi connectivity index (χ0v) is 10.9. The van der Waals surface area contributed by atoms with Crippen LogP contribution in [0.5, 0.6) is 0 Å². The van der Waals surface area contributed by atoms with E-state index >= 15 is 0 Å². The highest BCUT2D eigenvalue weighted by Gasteiger charge is 2.08. The number of benzene rings is 1. The number of nitrogens with zero attached hydrogens (tertiary/aromatic N) is 1. The lowest BCUT2D eigenvalue weighted by Gasteiger charge is -2.09. The van der Waals surface area contributed by atoms with Gasteiger partial charge < -0.3 is 11.1 Å². The first-order valence-corrected chi connectivity index (χ1v) is 6.27. The van der Waals surface area contributed by atoms with Crippen molar-refractivity contribution in [1.29, 1.82) is 0 Å². The highest BCUT2D eigenvalue weighted by Crippen LogP contribution is 2.09. The van der Waals surface area contributed by atoms with Crippen LogP contribution in [0.1, 0.15) is 28.5 Å². The summed E-state index contributed by atoms with van der Waals surface area (Å²) in [6, 6.07) is 11.3. The van der Waals surface area contributed by atoms with E-state index in [2.05, 4.69) is 23.3 Å². The molecule has 4 nitrogen and oxygen atoms in total. The number of carbonyl (C=O) groups is 1. The third-order valence-corrected chi connectivity index (χ3v) is 2.96. The lowest BCUT2D eigenvalue weighted by Crippen LogP contribution is -2.24. The first-order valence-electron chi connectivity index (χ1n) is 6.27. The molecule has 4 heteroatoms. The molecule has 1 aromatic carbocycles. The molecule has 19 heavy (non-hydrogen) atoms. The van der Waals surface area contributed by atoms with Crippen LogP contribution in [0, 0.1) is 0 Å². The Balaban J connectivity index is 2.04. The van der Waals surface area contributed by atoms with E-state index in [0.717, 1.165) is 12.0 Å². The van der Waals surface area contributed by atoms with Gasteiger partial charge in [-0.25, -0.2) is 0 Å². The molecule has 0 atom stereocenters. The molecule has 3 N–H and O–H groups in total. The number of nitrogen functional groups attached to an aromatic ring is 1. The van der Waals surface area contributed by atoms with Crippen LogP contribution in [0.4, 0.5) is 5.69 Å². The Labute approximate surface area is 112 Å². The fourth-order valence-electron chi connectivity index (χ4n) is 1.91. The Morgan fingerprint density at radius 2 is 2.00 bits per heavy atom. The molecule has 0 saturated heterocycles. The summed E-state index contributed by atoms with van der Waals surface area (Å²) in [4.78, 5) is 15.9. The molecule has 0 saturated carbocycles. The summed E-state index contributed by atoms with van der Waals surface area (Å²) < 4.78 is 0. The van der Waals surface area contributed by atoms with Crippen LogP contribution >= 0.6 is 0 Å². The summed E-state index contributed by atoms with van der Waals surface area (Å²) in [5, 5.41) is 2.86. The summed E-state index contributed by atoms with van der Waals surface area (Å²) in [6.45, 7) is 2.60. The molecule has 0 aliphatic rings. The largest absolute Gasteiger partial charge is 0.399 e. The zero-order valence-electron chi connectivity index (χ0n) is 10.9. The monoisotopic (exact) mass is 255 g/mol. The van der Waals surface area contributed by atoms with Gasteiger partial charge in [0, 0.05) is 18.4 Å². The fourth-order valence-corrected chi connectivity index (χ4v) is 1.91. The van der Waals surface area contributed by atoms with Crippen LogP contribution in [0.2, 0.25) is 0 Å². The number of aryl methyl sites for hydroxylation is 1. The normalized spacial score (nSPS) is 10.2. The van der Waals surface area contributed by atoms with Crippen molar-refractivity contribution >= 4 is 11.6 Å². The predicted molar refractivity (Wildman–Crippen MR) is 75.6 cm³/mol. The number of anilines is 1. The zero-order chi connectivity index (χ0) is 13.7. The number of aromatic nitrogens is 1. The van der Waals surface area contributed by atoms with Crippen LogP contribution in [-0.2, 0) is 13.0 Å². The number of nitrogens with one attached hydrogen (secondary N) is 1. The van der Waals surface area contributed by atoms with Crippen molar-refractivity contribution in [2.45, 2.75) is 19.9 Å². The number of nitrogens with two attached hydrogens (primary N) is 1. The second-order valence-electron chi connectivity index (χ2n) is 4.28. The minimum Gasteiger partial charge on any atom is -0.399 e. The molecule has 0 aliphatic heterocycles. The average Bonchev–Trinajstić information content (AvgIpc) is 2.45. The highest BCUT2D eigenvalue weighted by atomic mass is 16.1. The van der Waals surface area contributed by atoms with Gasteiger partial charge >= 0.3 is 0 Å². The fraction of sp³-hybridized carbons (Fsp3) is 0.200. The van der Waals surface area contributed by atoms with E-state index < -0.39 is 0 Å². The summed E-state index contributed by atoms with van der Waals surface area (Å²) >= 11 is 0. The van der Waals surface area contributed by atoms with Crippen molar-refractivity contribution in [3.63, 3.8) is 0 Å². The quantitative estimate of drug-likeness (QED) is 0.879. The summed E-state index contributed by atoms with van der Waals surface area (Å²) in [7, 11) is 0. The van der Waals surface area contributed by atoms with Gasteiger partial charge in [0.05, 0.1) is 0 Å². The summed E-state index contributed by atoms with van der Waals surface area (Å²) in [5.74, 6) is -0.210. The van der Waals surface area contributed by atoms with Crippen LogP contribution in [0.3, 0.4) is 0 Å². The van der Waals surface area contributed by atoms with Gasteiger partial charge in [0.2, 0.25) is 0 Å². The number of pyridine rings is 1. The van der Waals surface area contributed by atoms with Gasteiger partial charge in [-0.3, -0.25) is 9.78 Å². The van der Waals surface area contributed by atoms with Gasteiger partial charge in [0.1, 0.15) is 5.69 Å². The van der Waals surface area contributed by atoms with Gasteiger partial charge in [-0.2, -0.15) is 0 Å². The number of carbonyl (C=O) groups excluding carboxylic acids is 1. The molecule has 1 heterocycles. The van der Waals surface area contributed by atoms with Crippen molar-refractivity contribution in [3.05, 3.63) is 59.4 Å². The van der Waals surface area contributed by atoms with Crippen molar-refractivity contribution < 1.29 is 4.79 Å². The Morgan fingerprint density at radius 1 is 1.26 bits per heavy atom. The van der Waals surface area contributed by atoms with Crippen molar-refractivity contribution in [2.75, 3.05) is 5.73 Å². The molecule has 0 bridgehead atoms. The second-order valence-corrected chi connectivity index (χ2v) is 4.28. The number of hydrogen-bond acceptors (Lipinski definition) is 3. The Hall–Kier alpha value is -2.36. The third-order valence-electron chi connectivity index (χ3n) is 2.96. The van der Waals surface area contributed by atoms with E-state index in [1.54, 1.807) is 12.1 Å². The topological polar surface area (TPSA) is 68.0 Å². The minimum absolute atomic E-state index is 0.210. The molecule has 0 unspecified atom stereocenters. The molecule has 0 spiro atoms. The maximum Gasteiger partial charge on any atom is 0.270 e. The summed E-state index contributed by atoms with van der Waals surface area (Å²) in [5.41, 5.74) is 8.87. The smallest absolute Gasteiger partial charge is 0.270 e. The van der Waals surface area contributed by atoms with E-state index in [9.17, 15) is 4.79 Å². The Kier molecular flexibility index (Phi) is 4.13. The summed E-state index contributed by atoms with van der Waals surface area (Å²) in [6.07, 6.45) is 2.48. The van der Waals surface area contributed by atoms with E-state index in [-0.39, 0.29) is 5.91 Å². The first kappa shape index (κ1) is 13.1. The molecular weight excluding hydrogens is 238 g/mol. The number of hydrogen-bond donors (Lipinski definition) is 2. The van der Waals surface area contributed by atoms with Gasteiger partial charge in [-0.05, 0) is 29.7 Å². The molecular formula is C15H17N3O. The van der Waals surface area contributed by atoms with Gasteiger partial charge in [0.25, 0.3) is 5.91 Å². The van der Waals surface area contributed by atoms with Crippen LogP contribution in [-0.4, -0.2) is 10.9 Å². The number of rotatable bonds is 4. The van der Waals surface area contributed by atoms with Gasteiger partial charge in [-0.15, -0.1) is 0 Å². The molecule has 0 fully saturated rings. The maximum atomic E-state index is 11.9. The van der Waals surface area contributed by atoms with E-state index in [0.29, 0.717) is 17.9 Å². The molecule has 2 aromatic rings. The molecule has 1 amide bonds. The second kappa shape index (κ2) is 6.00. The lowest BCUT2D eigenvalue weighted by atomic mass is 10.1. The average molecular weight is 255 g/mol. The van der Waals surface area contributed by atoms with Crippen molar-refractivity contribution in [1.82, 2.24) is 10.3 Å². The van der Waals surface area contributed by atoms with E-state index in [4.69, 9.17) is 5.73 Å². The molecule has 0 aliphatic carbocycles. The first-order chi connectivity index (χ1) is 9.20. The molecule has 1 aromatic heterocycles. The molecule has 0 radical (unpaired) electrons. The van der Waals surface area contributed by atoms with Crippen LogP contribution < -0.4 is 11.1 Å². The standard InChI is InChI=1S/C15H17N3O/c1-2-11-5-3-4-6-12(11)10-18-15(19)14-9-13(16)7-8-17-14/h3-9H,2,10H2,1H3,(H2,16,17)(H,18,19). The molecule has 98 valence electrons. The SMILES string of the molecule is CCc1ccccc1CNC(=O)c1cc(N)ccn1.